The number of aryl methyl sites for hydroxylation is 2. The van der Waals surface area contributed by atoms with Crippen LogP contribution in [0.4, 0.5) is 5.69 Å². The molecule has 0 N–H and O–H groups in total. The van der Waals surface area contributed by atoms with Crippen LogP contribution in [0.3, 0.4) is 0 Å². The second-order valence-corrected chi connectivity index (χ2v) is 18.0. The van der Waals surface area contributed by atoms with Crippen LogP contribution in [-0.4, -0.2) is 49.7 Å². The van der Waals surface area contributed by atoms with Crippen LogP contribution >= 0.6 is 0 Å². The number of anilines is 1. The van der Waals surface area contributed by atoms with E-state index in [9.17, 15) is 15.3 Å². The number of carbonyl (C=O) groups excluding carboxylic acids is 1. The molecule has 0 spiro atoms. The molecule has 0 bridgehead atoms. The van der Waals surface area contributed by atoms with Crippen molar-refractivity contribution in [1.29, 1.82) is 10.5 Å². The van der Waals surface area contributed by atoms with E-state index in [0.29, 0.717) is 38.6 Å². The molecule has 8 heteroatoms. The average molecular weight is 586 g/mol. The molecular formula is C34H47N5O2Si. The summed E-state index contributed by atoms with van der Waals surface area (Å²) in [5.41, 5.74) is 5.50. The van der Waals surface area contributed by atoms with Gasteiger partial charge in [-0.2, -0.15) is 10.5 Å². The largest absolute Gasteiger partial charge is 0.413 e. The van der Waals surface area contributed by atoms with Crippen molar-refractivity contribution in [2.45, 2.75) is 92.2 Å². The molecule has 1 heterocycles. The molecule has 1 saturated heterocycles. The first kappa shape index (κ1) is 32.9. The van der Waals surface area contributed by atoms with Crippen molar-refractivity contribution < 1.29 is 9.22 Å². The summed E-state index contributed by atoms with van der Waals surface area (Å²) in [6.07, 6.45) is 0.272. The topological polar surface area (TPSA) is 83.6 Å². The van der Waals surface area contributed by atoms with E-state index < -0.39 is 8.32 Å². The Balaban J connectivity index is 1.76. The van der Waals surface area contributed by atoms with E-state index in [4.69, 9.17) is 4.43 Å². The predicted octanol–water partition coefficient (Wildman–Crippen LogP) is 7.03. The minimum Gasteiger partial charge on any atom is -0.413 e. The minimum absolute atomic E-state index is 0.00930. The van der Waals surface area contributed by atoms with Gasteiger partial charge in [0.05, 0.1) is 6.61 Å². The zero-order valence-electron chi connectivity index (χ0n) is 26.9. The molecule has 224 valence electrons. The van der Waals surface area contributed by atoms with Crippen LogP contribution in [-0.2, 0) is 22.4 Å². The monoisotopic (exact) mass is 585 g/mol. The lowest BCUT2D eigenvalue weighted by Gasteiger charge is -2.36. The van der Waals surface area contributed by atoms with Crippen molar-refractivity contribution in [2.24, 2.45) is 0 Å². The summed E-state index contributed by atoms with van der Waals surface area (Å²) >= 11 is 0. The molecular weight excluding hydrogens is 538 g/mol. The fraction of sp³-hybridized carbons (Fsp3) is 0.500. The first-order chi connectivity index (χ1) is 19.7. The molecule has 0 saturated carbocycles. The highest BCUT2D eigenvalue weighted by molar-refractivity contribution is 6.74. The Hall–Kier alpha value is -3.59. The standard InChI is InChI=1S/C34H47N5O2Si/c1-25(2)39(31-12-10-11-28(20-31)24-41-42(8,9)34(5,6)7)32(40)13-14-37-15-16-38(33(37)30(21-35)22-36)23-29-18-26(3)17-27(4)19-29/h10-12,17-20,25H,13-16,23-24H2,1-9H3. The smallest absolute Gasteiger partial charge is 0.229 e. The fourth-order valence-electron chi connectivity index (χ4n) is 5.20. The lowest BCUT2D eigenvalue weighted by Crippen LogP contribution is -2.40. The number of hydrogen-bond donors (Lipinski definition) is 0. The first-order valence-electron chi connectivity index (χ1n) is 14.8. The van der Waals surface area contributed by atoms with E-state index >= 15 is 0 Å². The van der Waals surface area contributed by atoms with Crippen molar-refractivity contribution in [1.82, 2.24) is 9.80 Å². The maximum Gasteiger partial charge on any atom is 0.229 e. The van der Waals surface area contributed by atoms with E-state index in [0.717, 1.165) is 16.8 Å². The summed E-state index contributed by atoms with van der Waals surface area (Å²) in [5, 5.41) is 19.6. The van der Waals surface area contributed by atoms with Gasteiger partial charge in [0.1, 0.15) is 18.0 Å². The van der Waals surface area contributed by atoms with Gasteiger partial charge in [0.15, 0.2) is 13.9 Å². The van der Waals surface area contributed by atoms with E-state index in [2.05, 4.69) is 95.1 Å². The number of amides is 1. The molecule has 1 aliphatic rings. The number of allylic oxidation sites excluding steroid dienone is 1. The average Bonchev–Trinajstić information content (AvgIpc) is 3.28. The van der Waals surface area contributed by atoms with Crippen LogP contribution in [0, 0.1) is 36.5 Å². The third-order valence-corrected chi connectivity index (χ3v) is 12.8. The Morgan fingerprint density at radius 2 is 1.62 bits per heavy atom. The van der Waals surface area contributed by atoms with E-state index in [-0.39, 0.29) is 29.0 Å². The molecule has 2 aromatic carbocycles. The van der Waals surface area contributed by atoms with Crippen molar-refractivity contribution in [2.75, 3.05) is 24.5 Å². The number of hydrogen-bond acceptors (Lipinski definition) is 6. The van der Waals surface area contributed by atoms with Crippen molar-refractivity contribution in [3.05, 3.63) is 76.1 Å². The number of benzene rings is 2. The van der Waals surface area contributed by atoms with Gasteiger partial charge in [-0.05, 0) is 69.1 Å². The maximum absolute atomic E-state index is 13.7. The van der Waals surface area contributed by atoms with Crippen LogP contribution < -0.4 is 4.90 Å². The summed E-state index contributed by atoms with van der Waals surface area (Å²) < 4.78 is 6.44. The molecule has 0 aromatic heterocycles. The molecule has 7 nitrogen and oxygen atoms in total. The van der Waals surface area contributed by atoms with E-state index in [1.54, 1.807) is 0 Å². The van der Waals surface area contributed by atoms with Gasteiger partial charge in [-0.1, -0.05) is 62.2 Å². The molecule has 42 heavy (non-hydrogen) atoms. The summed E-state index contributed by atoms with van der Waals surface area (Å²) in [4.78, 5) is 19.6. The highest BCUT2D eigenvalue weighted by atomic mass is 28.4. The summed E-state index contributed by atoms with van der Waals surface area (Å²) in [7, 11) is -1.90. The highest BCUT2D eigenvalue weighted by Crippen LogP contribution is 2.37. The van der Waals surface area contributed by atoms with E-state index in [1.807, 2.05) is 35.8 Å². The molecule has 0 atom stereocenters. The van der Waals surface area contributed by atoms with Gasteiger partial charge in [-0.15, -0.1) is 0 Å². The number of rotatable bonds is 10. The van der Waals surface area contributed by atoms with Crippen molar-refractivity contribution in [3.8, 4) is 12.1 Å². The SMILES string of the molecule is Cc1cc(C)cc(CN2CCN(CCC(=O)N(c3cccc(CO[Si](C)(C)C(C)(C)C)c3)C(C)C)C2=C(C#N)C#N)c1. The fourth-order valence-corrected chi connectivity index (χ4v) is 6.16. The lowest BCUT2D eigenvalue weighted by molar-refractivity contribution is -0.119. The van der Waals surface area contributed by atoms with E-state index in [1.165, 1.54) is 11.1 Å². The van der Waals surface area contributed by atoms with Gasteiger partial charge < -0.3 is 19.1 Å². The first-order valence-corrected chi connectivity index (χ1v) is 17.7. The van der Waals surface area contributed by atoms with Crippen LogP contribution in [0.15, 0.2) is 53.9 Å². The van der Waals surface area contributed by atoms with Gasteiger partial charge >= 0.3 is 0 Å². The number of carbonyl (C=O) groups is 1. The van der Waals surface area contributed by atoms with Crippen LogP contribution in [0.2, 0.25) is 18.1 Å². The maximum atomic E-state index is 13.7. The molecule has 3 rings (SSSR count). The molecule has 1 aliphatic heterocycles. The second-order valence-electron chi connectivity index (χ2n) is 13.2. The lowest BCUT2D eigenvalue weighted by atomic mass is 10.1. The quantitative estimate of drug-likeness (QED) is 0.220. The molecule has 1 amide bonds. The van der Waals surface area contributed by atoms with Crippen molar-refractivity contribution >= 4 is 19.9 Å². The molecule has 0 radical (unpaired) electrons. The van der Waals surface area contributed by atoms with Gasteiger partial charge in [0.25, 0.3) is 0 Å². The number of nitriles is 2. The molecule has 0 unspecified atom stereocenters. The zero-order valence-corrected chi connectivity index (χ0v) is 27.9. The molecule has 1 fully saturated rings. The number of nitrogens with zero attached hydrogens (tertiary/aromatic N) is 5. The van der Waals surface area contributed by atoms with Gasteiger partial charge in [-0.3, -0.25) is 4.79 Å². The van der Waals surface area contributed by atoms with Gasteiger partial charge in [-0.25, -0.2) is 0 Å². The summed E-state index contributed by atoms with van der Waals surface area (Å²) in [5.74, 6) is 0.628. The third-order valence-electron chi connectivity index (χ3n) is 8.32. The Labute approximate surface area is 254 Å². The van der Waals surface area contributed by atoms with Crippen LogP contribution in [0.25, 0.3) is 0 Å². The summed E-state index contributed by atoms with van der Waals surface area (Å²) in [6.45, 7) is 22.3. The van der Waals surface area contributed by atoms with Crippen LogP contribution in [0.5, 0.6) is 0 Å². The Kier molecular flexibility index (Phi) is 10.6. The minimum atomic E-state index is -1.90. The van der Waals surface area contributed by atoms with Gasteiger partial charge in [0.2, 0.25) is 5.91 Å². The molecule has 2 aromatic rings. The van der Waals surface area contributed by atoms with Gasteiger partial charge in [0, 0.05) is 44.3 Å². The zero-order chi connectivity index (χ0) is 31.2. The summed E-state index contributed by atoms with van der Waals surface area (Å²) in [6, 6.07) is 18.6. The highest BCUT2D eigenvalue weighted by Gasteiger charge is 2.37. The molecule has 0 aliphatic carbocycles. The Morgan fingerprint density at radius 3 is 2.19 bits per heavy atom. The predicted molar refractivity (Wildman–Crippen MR) is 172 cm³/mol. The Morgan fingerprint density at radius 1 is 1.00 bits per heavy atom. The van der Waals surface area contributed by atoms with Crippen LogP contribution in [0.1, 0.15) is 63.3 Å². The second kappa shape index (κ2) is 13.6. The Bertz CT molecular complexity index is 1360. The van der Waals surface area contributed by atoms with Crippen molar-refractivity contribution in [3.63, 3.8) is 0 Å². The third kappa shape index (κ3) is 8.03. The normalized spacial score (nSPS) is 13.8.